The van der Waals surface area contributed by atoms with Crippen molar-refractivity contribution in [2.45, 2.75) is 23.8 Å². The Morgan fingerprint density at radius 3 is 2.64 bits per heavy atom. The molecule has 0 aliphatic heterocycles. The molecule has 14 heavy (non-hydrogen) atoms. The van der Waals surface area contributed by atoms with E-state index in [9.17, 15) is 8.42 Å². The molecule has 0 unspecified atom stereocenters. The van der Waals surface area contributed by atoms with Crippen LogP contribution in [0, 0.1) is 0 Å². The average Bonchev–Trinajstić information content (AvgIpc) is 2.88. The first-order chi connectivity index (χ1) is 6.58. The van der Waals surface area contributed by atoms with Gasteiger partial charge >= 0.3 is 0 Å². The number of hydrogen-bond acceptors (Lipinski definition) is 3. The van der Waals surface area contributed by atoms with Gasteiger partial charge in [-0.15, -0.1) is 0 Å². The van der Waals surface area contributed by atoms with Crippen LogP contribution in [0.4, 0.5) is 0 Å². The molecule has 76 valence electrons. The van der Waals surface area contributed by atoms with E-state index in [1.807, 2.05) is 0 Å². The van der Waals surface area contributed by atoms with Gasteiger partial charge in [0.25, 0.3) is 0 Å². The minimum atomic E-state index is -3.35. The van der Waals surface area contributed by atoms with Crippen LogP contribution in [0.15, 0.2) is 27.8 Å². The number of aromatic nitrogens is 1. The Bertz CT molecular complexity index is 425. The lowest BCUT2D eigenvalue weighted by Crippen LogP contribution is -2.25. The normalized spacial score (nSPS) is 16.9. The van der Waals surface area contributed by atoms with Crippen LogP contribution in [0.1, 0.15) is 12.8 Å². The van der Waals surface area contributed by atoms with Crippen molar-refractivity contribution in [3.63, 3.8) is 0 Å². The van der Waals surface area contributed by atoms with Gasteiger partial charge in [-0.1, -0.05) is 0 Å². The number of nitrogens with zero attached hydrogens (tertiary/aromatic N) is 1. The molecule has 0 atom stereocenters. The molecule has 1 N–H and O–H groups in total. The van der Waals surface area contributed by atoms with Gasteiger partial charge in [-0.25, -0.2) is 18.1 Å². The van der Waals surface area contributed by atoms with Crippen LogP contribution >= 0.6 is 15.9 Å². The first-order valence-corrected chi connectivity index (χ1v) is 6.49. The van der Waals surface area contributed by atoms with Gasteiger partial charge in [-0.3, -0.25) is 0 Å². The largest absolute Gasteiger partial charge is 0.248 e. The highest BCUT2D eigenvalue weighted by Crippen LogP contribution is 2.22. The van der Waals surface area contributed by atoms with E-state index in [1.165, 1.54) is 12.3 Å². The Balaban J connectivity index is 2.24. The Kier molecular flexibility index (Phi) is 2.59. The van der Waals surface area contributed by atoms with Crippen molar-refractivity contribution < 1.29 is 8.42 Å². The van der Waals surface area contributed by atoms with Gasteiger partial charge in [0.2, 0.25) is 10.0 Å². The number of halogens is 1. The lowest BCUT2D eigenvalue weighted by molar-refractivity contribution is 0.580. The Labute approximate surface area is 90.9 Å². The van der Waals surface area contributed by atoms with Gasteiger partial charge < -0.3 is 0 Å². The first kappa shape index (κ1) is 10.1. The standard InChI is InChI=1S/C8H9BrN2O2S/c9-8-4-3-7(5-10-8)14(12,13)11-6-1-2-6/h3-6,11H,1-2H2. The third-order valence-corrected chi connectivity index (χ3v) is 3.88. The zero-order valence-corrected chi connectivity index (χ0v) is 9.68. The highest BCUT2D eigenvalue weighted by Gasteiger charge is 2.27. The van der Waals surface area contributed by atoms with E-state index in [4.69, 9.17) is 0 Å². The summed E-state index contributed by atoms with van der Waals surface area (Å²) in [4.78, 5) is 4.09. The molecule has 0 amide bonds. The van der Waals surface area contributed by atoms with E-state index >= 15 is 0 Å². The molecule has 0 aromatic carbocycles. The van der Waals surface area contributed by atoms with Crippen LogP contribution in [-0.4, -0.2) is 19.4 Å². The topological polar surface area (TPSA) is 59.1 Å². The van der Waals surface area contributed by atoms with Crippen molar-refractivity contribution in [3.8, 4) is 0 Å². The van der Waals surface area contributed by atoms with Crippen LogP contribution in [-0.2, 0) is 10.0 Å². The van der Waals surface area contributed by atoms with Crippen molar-refractivity contribution in [1.29, 1.82) is 0 Å². The fourth-order valence-electron chi connectivity index (χ4n) is 1.01. The molecule has 0 radical (unpaired) electrons. The Morgan fingerprint density at radius 2 is 2.14 bits per heavy atom. The van der Waals surface area contributed by atoms with Crippen LogP contribution in [0.25, 0.3) is 0 Å². The molecule has 1 aromatic rings. The SMILES string of the molecule is O=S(=O)(NC1CC1)c1ccc(Br)nc1. The van der Waals surface area contributed by atoms with Crippen molar-refractivity contribution in [2.75, 3.05) is 0 Å². The molecule has 1 aliphatic carbocycles. The molecule has 1 aromatic heterocycles. The molecule has 0 saturated heterocycles. The minimum absolute atomic E-state index is 0.128. The maximum absolute atomic E-state index is 11.6. The minimum Gasteiger partial charge on any atom is -0.248 e. The van der Waals surface area contributed by atoms with Gasteiger partial charge in [0.1, 0.15) is 9.50 Å². The summed E-state index contributed by atoms with van der Waals surface area (Å²) in [5.74, 6) is 0. The lowest BCUT2D eigenvalue weighted by atomic mass is 10.5. The van der Waals surface area contributed by atoms with E-state index in [0.29, 0.717) is 4.60 Å². The zero-order valence-electron chi connectivity index (χ0n) is 7.27. The summed E-state index contributed by atoms with van der Waals surface area (Å²) in [5, 5.41) is 0. The second-order valence-corrected chi connectivity index (χ2v) is 5.74. The van der Waals surface area contributed by atoms with Crippen LogP contribution < -0.4 is 4.72 Å². The maximum Gasteiger partial charge on any atom is 0.242 e. The van der Waals surface area contributed by atoms with Gasteiger partial charge in [0, 0.05) is 12.2 Å². The van der Waals surface area contributed by atoms with Crippen molar-refractivity contribution >= 4 is 26.0 Å². The van der Waals surface area contributed by atoms with E-state index < -0.39 is 10.0 Å². The molecule has 0 spiro atoms. The van der Waals surface area contributed by atoms with Crippen molar-refractivity contribution in [1.82, 2.24) is 9.71 Å². The summed E-state index contributed by atoms with van der Waals surface area (Å²) in [6.07, 6.45) is 3.21. The number of rotatable bonds is 3. The number of pyridine rings is 1. The molecule has 1 fully saturated rings. The first-order valence-electron chi connectivity index (χ1n) is 4.22. The third kappa shape index (κ3) is 2.31. The molecule has 1 heterocycles. The zero-order chi connectivity index (χ0) is 10.2. The predicted molar refractivity (Wildman–Crippen MR) is 55.3 cm³/mol. The molecule has 2 rings (SSSR count). The predicted octanol–water partition coefficient (Wildman–Crippen LogP) is 1.28. The van der Waals surface area contributed by atoms with E-state index in [-0.39, 0.29) is 10.9 Å². The average molecular weight is 277 g/mol. The summed E-state index contributed by atoms with van der Waals surface area (Å²) in [5.41, 5.74) is 0. The smallest absolute Gasteiger partial charge is 0.242 e. The van der Waals surface area contributed by atoms with Crippen LogP contribution in [0.3, 0.4) is 0 Å². The van der Waals surface area contributed by atoms with Gasteiger partial charge in [0.05, 0.1) is 0 Å². The molecule has 1 aliphatic rings. The quantitative estimate of drug-likeness (QED) is 0.847. The number of hydrogen-bond donors (Lipinski definition) is 1. The summed E-state index contributed by atoms with van der Waals surface area (Å²) in [6, 6.07) is 3.27. The molecule has 6 heteroatoms. The molecule has 1 saturated carbocycles. The van der Waals surface area contributed by atoms with Crippen molar-refractivity contribution in [3.05, 3.63) is 22.9 Å². The summed E-state index contributed by atoms with van der Waals surface area (Å²) < 4.78 is 26.5. The fourth-order valence-corrected chi connectivity index (χ4v) is 2.49. The lowest BCUT2D eigenvalue weighted by Gasteiger charge is -2.04. The highest BCUT2D eigenvalue weighted by atomic mass is 79.9. The van der Waals surface area contributed by atoms with E-state index in [0.717, 1.165) is 12.8 Å². The summed E-state index contributed by atoms with van der Waals surface area (Å²) >= 11 is 3.15. The highest BCUT2D eigenvalue weighted by molar-refractivity contribution is 9.10. The number of nitrogens with one attached hydrogen (secondary N) is 1. The maximum atomic E-state index is 11.6. The van der Waals surface area contributed by atoms with E-state index in [2.05, 4.69) is 25.6 Å². The second-order valence-electron chi connectivity index (χ2n) is 3.21. The monoisotopic (exact) mass is 276 g/mol. The number of sulfonamides is 1. The van der Waals surface area contributed by atoms with Crippen LogP contribution in [0.5, 0.6) is 0 Å². The summed E-state index contributed by atoms with van der Waals surface area (Å²) in [6.45, 7) is 0. The van der Waals surface area contributed by atoms with Crippen LogP contribution in [0.2, 0.25) is 0 Å². The molecular formula is C8H9BrN2O2S. The summed E-state index contributed by atoms with van der Waals surface area (Å²) in [7, 11) is -3.35. The second kappa shape index (κ2) is 3.60. The third-order valence-electron chi connectivity index (χ3n) is 1.91. The molecule has 4 nitrogen and oxygen atoms in total. The van der Waals surface area contributed by atoms with Gasteiger partial charge in [-0.2, -0.15) is 0 Å². The van der Waals surface area contributed by atoms with E-state index in [1.54, 1.807) is 6.07 Å². The van der Waals surface area contributed by atoms with Gasteiger partial charge in [0.15, 0.2) is 0 Å². The Morgan fingerprint density at radius 1 is 1.43 bits per heavy atom. The van der Waals surface area contributed by atoms with Gasteiger partial charge in [-0.05, 0) is 40.9 Å². The fraction of sp³-hybridized carbons (Fsp3) is 0.375. The Hall–Kier alpha value is -0.460. The molecular weight excluding hydrogens is 268 g/mol. The van der Waals surface area contributed by atoms with Crippen molar-refractivity contribution in [2.24, 2.45) is 0 Å². The molecule has 0 bridgehead atoms.